The summed E-state index contributed by atoms with van der Waals surface area (Å²) in [5.74, 6) is 0.537. The van der Waals surface area contributed by atoms with E-state index >= 15 is 0 Å². The van der Waals surface area contributed by atoms with Gasteiger partial charge in [0, 0.05) is 5.69 Å². The van der Waals surface area contributed by atoms with E-state index in [1.54, 1.807) is 10.6 Å². The summed E-state index contributed by atoms with van der Waals surface area (Å²) in [4.78, 5) is 7.85. The predicted molar refractivity (Wildman–Crippen MR) is 40.5 cm³/mol. The average Bonchev–Trinajstić information content (AvgIpc) is 2.34. The first kappa shape index (κ1) is 6.54. The van der Waals surface area contributed by atoms with Gasteiger partial charge in [0.15, 0.2) is 0 Å². The molecule has 5 heteroatoms. The number of aromatic nitrogens is 4. The summed E-state index contributed by atoms with van der Waals surface area (Å²) in [5, 5.41) is 4.39. The fraction of sp³-hybridized carbons (Fsp3) is 0.167. The summed E-state index contributed by atoms with van der Waals surface area (Å²) in [6.07, 6.45) is 1.45. The Morgan fingerprint density at radius 3 is 3.18 bits per heavy atom. The Hall–Kier alpha value is -1.16. The molecule has 0 saturated heterocycles. The molecule has 0 aliphatic carbocycles. The Morgan fingerprint density at radius 2 is 2.36 bits per heavy atom. The van der Waals surface area contributed by atoms with Crippen LogP contribution in [0.4, 0.5) is 0 Å². The van der Waals surface area contributed by atoms with Crippen LogP contribution >= 0.6 is 11.6 Å². The van der Waals surface area contributed by atoms with Gasteiger partial charge in [-0.2, -0.15) is 15.1 Å². The molecule has 0 saturated carbocycles. The number of nitrogens with zero attached hydrogens (tertiary/aromatic N) is 4. The van der Waals surface area contributed by atoms with Gasteiger partial charge >= 0.3 is 0 Å². The zero-order valence-corrected chi connectivity index (χ0v) is 6.58. The van der Waals surface area contributed by atoms with E-state index in [2.05, 4.69) is 15.1 Å². The Balaban J connectivity index is 2.91. The van der Waals surface area contributed by atoms with Crippen LogP contribution in [0.5, 0.6) is 0 Å². The molecular formula is C6H5ClN4. The van der Waals surface area contributed by atoms with Gasteiger partial charge in [0.25, 0.3) is 5.78 Å². The first-order chi connectivity index (χ1) is 5.27. The molecule has 0 atom stereocenters. The van der Waals surface area contributed by atoms with Crippen LogP contribution in [-0.4, -0.2) is 19.6 Å². The maximum atomic E-state index is 5.69. The highest BCUT2D eigenvalue weighted by Gasteiger charge is 2.00. The normalized spacial score (nSPS) is 10.7. The smallest absolute Gasteiger partial charge is 0.202 e. The average molecular weight is 169 g/mol. The fourth-order valence-corrected chi connectivity index (χ4v) is 1.16. The van der Waals surface area contributed by atoms with E-state index in [0.29, 0.717) is 10.9 Å². The molecule has 2 heterocycles. The summed E-state index contributed by atoms with van der Waals surface area (Å²) in [7, 11) is 0. The lowest BCUT2D eigenvalue weighted by Gasteiger charge is -1.95. The number of hydrogen-bond donors (Lipinski definition) is 0. The van der Waals surface area contributed by atoms with Crippen molar-refractivity contribution in [3.8, 4) is 0 Å². The van der Waals surface area contributed by atoms with Crippen molar-refractivity contribution in [1.82, 2.24) is 19.6 Å². The fourth-order valence-electron chi connectivity index (χ4n) is 0.922. The van der Waals surface area contributed by atoms with Crippen LogP contribution < -0.4 is 0 Å². The van der Waals surface area contributed by atoms with Crippen molar-refractivity contribution in [2.45, 2.75) is 6.92 Å². The minimum absolute atomic E-state index is 0.447. The zero-order chi connectivity index (χ0) is 7.84. The topological polar surface area (TPSA) is 43.1 Å². The van der Waals surface area contributed by atoms with Crippen molar-refractivity contribution in [2.24, 2.45) is 0 Å². The Labute approximate surface area is 67.8 Å². The molecule has 0 unspecified atom stereocenters. The molecule has 11 heavy (non-hydrogen) atoms. The number of rotatable bonds is 0. The van der Waals surface area contributed by atoms with Gasteiger partial charge in [0.05, 0.1) is 0 Å². The van der Waals surface area contributed by atoms with Gasteiger partial charge in [0.2, 0.25) is 0 Å². The molecule has 0 amide bonds. The van der Waals surface area contributed by atoms with Crippen LogP contribution in [0.3, 0.4) is 0 Å². The molecule has 2 aromatic rings. The van der Waals surface area contributed by atoms with E-state index in [1.165, 1.54) is 6.33 Å². The maximum absolute atomic E-state index is 5.69. The van der Waals surface area contributed by atoms with Gasteiger partial charge in [-0.15, -0.1) is 0 Å². The van der Waals surface area contributed by atoms with Gasteiger partial charge in [-0.05, 0) is 13.0 Å². The van der Waals surface area contributed by atoms with Crippen molar-refractivity contribution in [3.63, 3.8) is 0 Å². The molecular weight excluding hydrogens is 164 g/mol. The van der Waals surface area contributed by atoms with Crippen LogP contribution in [-0.2, 0) is 0 Å². The van der Waals surface area contributed by atoms with E-state index < -0.39 is 0 Å². The summed E-state index contributed by atoms with van der Waals surface area (Å²) in [6, 6.07) is 1.74. The molecule has 56 valence electrons. The first-order valence-corrected chi connectivity index (χ1v) is 3.48. The third-order valence-electron chi connectivity index (χ3n) is 1.40. The van der Waals surface area contributed by atoms with Crippen LogP contribution in [0.1, 0.15) is 5.69 Å². The molecule has 0 aromatic carbocycles. The summed E-state index contributed by atoms with van der Waals surface area (Å²) in [6.45, 7) is 1.90. The van der Waals surface area contributed by atoms with E-state index in [9.17, 15) is 0 Å². The van der Waals surface area contributed by atoms with Crippen molar-refractivity contribution in [2.75, 3.05) is 0 Å². The predicted octanol–water partition coefficient (Wildman–Crippen LogP) is 1.09. The quantitative estimate of drug-likeness (QED) is 0.553. The third-order valence-corrected chi connectivity index (χ3v) is 1.59. The summed E-state index contributed by atoms with van der Waals surface area (Å²) in [5.41, 5.74) is 0.928. The van der Waals surface area contributed by atoms with Gasteiger partial charge in [-0.1, -0.05) is 11.6 Å². The molecule has 0 fully saturated rings. The van der Waals surface area contributed by atoms with Gasteiger partial charge in [0.1, 0.15) is 11.5 Å². The lowest BCUT2D eigenvalue weighted by molar-refractivity contribution is 0.894. The lowest BCUT2D eigenvalue weighted by atomic mass is 10.5. The Bertz CT molecular complexity index is 394. The maximum Gasteiger partial charge on any atom is 0.253 e. The van der Waals surface area contributed by atoms with E-state index in [4.69, 9.17) is 11.6 Å². The molecule has 0 aliphatic rings. The van der Waals surface area contributed by atoms with Crippen LogP contribution in [0, 0.1) is 6.92 Å². The summed E-state index contributed by atoms with van der Waals surface area (Å²) < 4.78 is 1.63. The van der Waals surface area contributed by atoms with Crippen molar-refractivity contribution in [1.29, 1.82) is 0 Å². The molecule has 0 bridgehead atoms. The van der Waals surface area contributed by atoms with Gasteiger partial charge in [-0.3, -0.25) is 0 Å². The lowest BCUT2D eigenvalue weighted by Crippen LogP contribution is -1.95. The monoisotopic (exact) mass is 168 g/mol. The second-order valence-electron chi connectivity index (χ2n) is 2.19. The molecule has 0 radical (unpaired) electrons. The highest BCUT2D eigenvalue weighted by molar-refractivity contribution is 6.29. The van der Waals surface area contributed by atoms with E-state index in [-0.39, 0.29) is 0 Å². The van der Waals surface area contributed by atoms with E-state index in [1.807, 2.05) is 6.92 Å². The SMILES string of the molecule is Cc1cc(Cl)nc2ncnn12. The standard InChI is InChI=1S/C6H5ClN4/c1-4-2-5(7)10-6-8-3-9-11(4)6/h2-3H,1H3. The highest BCUT2D eigenvalue weighted by atomic mass is 35.5. The molecule has 4 nitrogen and oxygen atoms in total. The second-order valence-corrected chi connectivity index (χ2v) is 2.58. The number of hydrogen-bond acceptors (Lipinski definition) is 3. The second kappa shape index (κ2) is 2.17. The zero-order valence-electron chi connectivity index (χ0n) is 5.82. The van der Waals surface area contributed by atoms with Gasteiger partial charge < -0.3 is 0 Å². The van der Waals surface area contributed by atoms with Crippen molar-refractivity contribution >= 4 is 17.4 Å². The van der Waals surface area contributed by atoms with Crippen molar-refractivity contribution < 1.29 is 0 Å². The summed E-state index contributed by atoms with van der Waals surface area (Å²) >= 11 is 5.69. The molecule has 2 aromatic heterocycles. The number of aryl methyl sites for hydroxylation is 1. The minimum Gasteiger partial charge on any atom is -0.202 e. The van der Waals surface area contributed by atoms with Gasteiger partial charge in [-0.25, -0.2) is 4.52 Å². The molecule has 0 N–H and O–H groups in total. The molecule has 0 spiro atoms. The van der Waals surface area contributed by atoms with Crippen LogP contribution in [0.25, 0.3) is 5.78 Å². The Morgan fingerprint density at radius 1 is 1.55 bits per heavy atom. The molecule has 2 rings (SSSR count). The third kappa shape index (κ3) is 0.952. The van der Waals surface area contributed by atoms with E-state index in [0.717, 1.165) is 5.69 Å². The van der Waals surface area contributed by atoms with Crippen LogP contribution in [0.15, 0.2) is 12.4 Å². The molecule has 0 aliphatic heterocycles. The largest absolute Gasteiger partial charge is 0.253 e. The highest BCUT2D eigenvalue weighted by Crippen LogP contribution is 2.07. The van der Waals surface area contributed by atoms with Crippen molar-refractivity contribution in [3.05, 3.63) is 23.2 Å². The minimum atomic E-state index is 0.447. The number of halogens is 1. The number of fused-ring (bicyclic) bond motifs is 1. The first-order valence-electron chi connectivity index (χ1n) is 3.10. The van der Waals surface area contributed by atoms with Crippen LogP contribution in [0.2, 0.25) is 5.15 Å². The Kier molecular flexibility index (Phi) is 1.29.